The summed E-state index contributed by atoms with van der Waals surface area (Å²) < 4.78 is 41.2. The van der Waals surface area contributed by atoms with Gasteiger partial charge in [0.2, 0.25) is 10.0 Å². The van der Waals surface area contributed by atoms with Crippen LogP contribution >= 0.6 is 0 Å². The van der Waals surface area contributed by atoms with E-state index in [0.29, 0.717) is 18.5 Å². The fraction of sp³-hybridized carbons (Fsp3) is 0.333. The molecule has 3 rings (SSSR count). The van der Waals surface area contributed by atoms with Gasteiger partial charge in [-0.1, -0.05) is 19.1 Å². The van der Waals surface area contributed by atoms with E-state index in [1.807, 2.05) is 19.1 Å². The predicted molar refractivity (Wildman–Crippen MR) is 107 cm³/mol. The molecule has 1 saturated heterocycles. The number of halogens is 1. The quantitative estimate of drug-likeness (QED) is 0.748. The third-order valence-corrected chi connectivity index (χ3v) is 7.02. The van der Waals surface area contributed by atoms with Crippen LogP contribution in [0.3, 0.4) is 0 Å². The molecular weight excluding hydrogens is 411 g/mol. The summed E-state index contributed by atoms with van der Waals surface area (Å²) in [7, 11) is -4.09. The number of carbonyl (C=O) groups excluding carboxylic acids is 2. The monoisotopic (exact) mass is 433 g/mol. The number of hydrogen-bond donors (Lipinski definition) is 1. The summed E-state index contributed by atoms with van der Waals surface area (Å²) in [5.41, 5.74) is 1.12. The number of carbonyl (C=O) groups is 2. The topological polar surface area (TPSA) is 107 Å². The molecule has 1 aliphatic rings. The van der Waals surface area contributed by atoms with Crippen molar-refractivity contribution in [2.45, 2.75) is 31.1 Å². The Morgan fingerprint density at radius 3 is 2.53 bits per heavy atom. The standard InChI is InChI=1S/C21H23FN2O5S/c1-2-14-5-7-16(8-6-14)23-20(25)18-12-17(9-10-19(18)22)30(28,29)24-11-3-4-15(13-24)21(26)27/h5-10,12,15H,2-4,11,13H2,1H3,(H,23,25)(H,26,27)/p-1. The third-order valence-electron chi connectivity index (χ3n) is 5.16. The Morgan fingerprint density at radius 2 is 1.90 bits per heavy atom. The van der Waals surface area contributed by atoms with Crippen molar-refractivity contribution in [2.75, 3.05) is 18.4 Å². The number of carboxylic acids is 1. The van der Waals surface area contributed by atoms with Gasteiger partial charge in [0.25, 0.3) is 5.91 Å². The zero-order valence-corrected chi connectivity index (χ0v) is 17.2. The van der Waals surface area contributed by atoms with Crippen molar-refractivity contribution in [2.24, 2.45) is 5.92 Å². The summed E-state index contributed by atoms with van der Waals surface area (Å²) in [4.78, 5) is 23.4. The van der Waals surface area contributed by atoms with Crippen molar-refractivity contribution >= 4 is 27.6 Å². The fourth-order valence-corrected chi connectivity index (χ4v) is 4.91. The van der Waals surface area contributed by atoms with Gasteiger partial charge in [0.15, 0.2) is 0 Å². The number of hydrogen-bond acceptors (Lipinski definition) is 5. The van der Waals surface area contributed by atoms with Gasteiger partial charge in [-0.25, -0.2) is 12.8 Å². The van der Waals surface area contributed by atoms with Crippen LogP contribution in [0.25, 0.3) is 0 Å². The van der Waals surface area contributed by atoms with Crippen LogP contribution in [0.1, 0.15) is 35.7 Å². The van der Waals surface area contributed by atoms with E-state index >= 15 is 0 Å². The molecule has 0 radical (unpaired) electrons. The molecule has 1 N–H and O–H groups in total. The maximum Gasteiger partial charge on any atom is 0.258 e. The third kappa shape index (κ3) is 4.68. The van der Waals surface area contributed by atoms with Gasteiger partial charge in [-0.3, -0.25) is 4.79 Å². The molecular formula is C21H22FN2O5S-. The number of carboxylic acid groups (broad SMARTS) is 1. The second kappa shape index (κ2) is 8.93. The summed E-state index contributed by atoms with van der Waals surface area (Å²) in [5, 5.41) is 13.7. The Balaban J connectivity index is 1.84. The van der Waals surface area contributed by atoms with E-state index in [2.05, 4.69) is 5.32 Å². The number of benzene rings is 2. The zero-order chi connectivity index (χ0) is 21.9. The normalized spacial score (nSPS) is 17.5. The lowest BCUT2D eigenvalue weighted by Crippen LogP contribution is -2.46. The van der Waals surface area contributed by atoms with Crippen molar-refractivity contribution in [1.82, 2.24) is 4.31 Å². The number of aliphatic carboxylic acids is 1. The molecule has 0 aliphatic carbocycles. The highest BCUT2D eigenvalue weighted by molar-refractivity contribution is 7.89. The summed E-state index contributed by atoms with van der Waals surface area (Å²) in [6.45, 7) is 1.93. The SMILES string of the molecule is CCc1ccc(NC(=O)c2cc(S(=O)(=O)N3CCCC(C(=O)[O-])C3)ccc2F)cc1. The van der Waals surface area contributed by atoms with Crippen molar-refractivity contribution in [1.29, 1.82) is 0 Å². The van der Waals surface area contributed by atoms with Gasteiger partial charge < -0.3 is 15.2 Å². The lowest BCUT2D eigenvalue weighted by molar-refractivity contribution is -0.312. The number of piperidine rings is 1. The highest BCUT2D eigenvalue weighted by Crippen LogP contribution is 2.25. The summed E-state index contributed by atoms with van der Waals surface area (Å²) in [6, 6.07) is 9.99. The molecule has 0 aromatic heterocycles. The number of aryl methyl sites for hydroxylation is 1. The Hall–Kier alpha value is -2.78. The van der Waals surface area contributed by atoms with Gasteiger partial charge in [-0.2, -0.15) is 4.31 Å². The maximum atomic E-state index is 14.3. The molecule has 160 valence electrons. The van der Waals surface area contributed by atoms with Gasteiger partial charge in [0, 0.05) is 30.7 Å². The number of nitrogens with one attached hydrogen (secondary N) is 1. The Labute approximate surface area is 174 Å². The van der Waals surface area contributed by atoms with Gasteiger partial charge in [-0.15, -0.1) is 0 Å². The first kappa shape index (κ1) is 21.9. The van der Waals surface area contributed by atoms with E-state index in [1.54, 1.807) is 12.1 Å². The fourth-order valence-electron chi connectivity index (χ4n) is 3.36. The molecule has 7 nitrogen and oxygen atoms in total. The van der Waals surface area contributed by atoms with Gasteiger partial charge >= 0.3 is 0 Å². The van der Waals surface area contributed by atoms with Crippen LogP contribution in [0.4, 0.5) is 10.1 Å². The van der Waals surface area contributed by atoms with E-state index in [9.17, 15) is 27.5 Å². The molecule has 0 spiro atoms. The second-order valence-electron chi connectivity index (χ2n) is 7.17. The molecule has 2 aromatic carbocycles. The molecule has 1 fully saturated rings. The van der Waals surface area contributed by atoms with Crippen LogP contribution in [0.2, 0.25) is 0 Å². The first-order valence-corrected chi connectivity index (χ1v) is 11.1. The van der Waals surface area contributed by atoms with Gasteiger partial charge in [0.05, 0.1) is 10.5 Å². The minimum Gasteiger partial charge on any atom is -0.550 e. The number of amides is 1. The van der Waals surface area contributed by atoms with E-state index in [-0.39, 0.29) is 18.0 Å². The zero-order valence-electron chi connectivity index (χ0n) is 16.4. The minimum atomic E-state index is -4.09. The van der Waals surface area contributed by atoms with Crippen molar-refractivity contribution in [3.63, 3.8) is 0 Å². The first-order chi connectivity index (χ1) is 14.2. The maximum absolute atomic E-state index is 14.3. The molecule has 1 amide bonds. The molecule has 9 heteroatoms. The van der Waals surface area contributed by atoms with Crippen LogP contribution in [0.15, 0.2) is 47.4 Å². The molecule has 1 atom stereocenters. The predicted octanol–water partition coefficient (Wildman–Crippen LogP) is 1.79. The van der Waals surface area contributed by atoms with E-state index in [1.165, 1.54) is 0 Å². The first-order valence-electron chi connectivity index (χ1n) is 9.63. The van der Waals surface area contributed by atoms with E-state index in [0.717, 1.165) is 34.5 Å². The lowest BCUT2D eigenvalue weighted by Gasteiger charge is -2.32. The highest BCUT2D eigenvalue weighted by Gasteiger charge is 2.31. The van der Waals surface area contributed by atoms with Crippen molar-refractivity contribution in [3.8, 4) is 0 Å². The van der Waals surface area contributed by atoms with Crippen LogP contribution in [0.5, 0.6) is 0 Å². The molecule has 1 aliphatic heterocycles. The largest absolute Gasteiger partial charge is 0.550 e. The van der Waals surface area contributed by atoms with Crippen LogP contribution in [-0.2, 0) is 21.2 Å². The summed E-state index contributed by atoms with van der Waals surface area (Å²) in [5.74, 6) is -3.84. The van der Waals surface area contributed by atoms with Crippen LogP contribution in [0, 0.1) is 11.7 Å². The number of rotatable bonds is 6. The average Bonchev–Trinajstić information content (AvgIpc) is 2.74. The van der Waals surface area contributed by atoms with Crippen molar-refractivity contribution in [3.05, 3.63) is 59.4 Å². The summed E-state index contributed by atoms with van der Waals surface area (Å²) >= 11 is 0. The van der Waals surface area contributed by atoms with Crippen LogP contribution < -0.4 is 10.4 Å². The second-order valence-corrected chi connectivity index (χ2v) is 9.11. The Morgan fingerprint density at radius 1 is 1.20 bits per heavy atom. The van der Waals surface area contributed by atoms with Crippen LogP contribution in [-0.4, -0.2) is 37.7 Å². The van der Waals surface area contributed by atoms with Gasteiger partial charge in [-0.05, 0) is 55.2 Å². The molecule has 0 saturated carbocycles. The highest BCUT2D eigenvalue weighted by atomic mass is 32.2. The van der Waals surface area contributed by atoms with E-state index in [4.69, 9.17) is 0 Å². The molecule has 30 heavy (non-hydrogen) atoms. The van der Waals surface area contributed by atoms with E-state index < -0.39 is 39.2 Å². The molecule has 2 aromatic rings. The van der Waals surface area contributed by atoms with Crippen molar-refractivity contribution < 1.29 is 27.5 Å². The minimum absolute atomic E-state index is 0.148. The number of sulfonamides is 1. The number of anilines is 1. The molecule has 1 heterocycles. The lowest BCUT2D eigenvalue weighted by atomic mass is 10.0. The van der Waals surface area contributed by atoms with Gasteiger partial charge in [0.1, 0.15) is 5.82 Å². The summed E-state index contributed by atoms with van der Waals surface area (Å²) in [6.07, 6.45) is 1.54. The number of nitrogens with zero attached hydrogens (tertiary/aromatic N) is 1. The molecule has 1 unspecified atom stereocenters. The Kier molecular flexibility index (Phi) is 6.52. The average molecular weight is 433 g/mol. The Bertz CT molecular complexity index is 1050. The molecule has 0 bridgehead atoms. The smallest absolute Gasteiger partial charge is 0.258 e.